The van der Waals surface area contributed by atoms with E-state index in [0.717, 1.165) is 29.6 Å². The SMILES string of the molecule is CCCCCCCC1CCc2cc(C3CCC4CC(C)CCC4C3)ccc2C1. The second-order valence-corrected chi connectivity index (χ2v) is 10.8. The van der Waals surface area contributed by atoms with Gasteiger partial charge in [0.15, 0.2) is 0 Å². The topological polar surface area (TPSA) is 0 Å². The lowest BCUT2D eigenvalue weighted by molar-refractivity contribution is 0.124. The zero-order valence-electron chi connectivity index (χ0n) is 18.7. The molecule has 0 heterocycles. The Morgan fingerprint density at radius 3 is 2.54 bits per heavy atom. The van der Waals surface area contributed by atoms with Gasteiger partial charge in [0.05, 0.1) is 0 Å². The van der Waals surface area contributed by atoms with Crippen LogP contribution in [0.5, 0.6) is 0 Å². The minimum atomic E-state index is 0.858. The second kappa shape index (κ2) is 9.82. The van der Waals surface area contributed by atoms with Crippen LogP contribution in [-0.2, 0) is 12.8 Å². The van der Waals surface area contributed by atoms with Gasteiger partial charge in [-0.15, -0.1) is 0 Å². The molecule has 3 aliphatic carbocycles. The Kier molecular flexibility index (Phi) is 7.18. The molecule has 2 saturated carbocycles. The van der Waals surface area contributed by atoms with E-state index in [1.165, 1.54) is 96.3 Å². The van der Waals surface area contributed by atoms with Crippen LogP contribution in [0.3, 0.4) is 0 Å². The van der Waals surface area contributed by atoms with Crippen molar-refractivity contribution in [2.75, 3.05) is 0 Å². The molecule has 3 aliphatic rings. The molecule has 0 radical (unpaired) electrons. The molecule has 0 nitrogen and oxygen atoms in total. The van der Waals surface area contributed by atoms with Gasteiger partial charge in [-0.25, -0.2) is 0 Å². The summed E-state index contributed by atoms with van der Waals surface area (Å²) in [6.45, 7) is 4.79. The van der Waals surface area contributed by atoms with Crippen molar-refractivity contribution in [1.82, 2.24) is 0 Å². The number of hydrogen-bond acceptors (Lipinski definition) is 0. The van der Waals surface area contributed by atoms with Gasteiger partial charge in [-0.05, 0) is 97.6 Å². The first-order chi connectivity index (χ1) is 13.7. The lowest BCUT2D eigenvalue weighted by atomic mass is 9.64. The van der Waals surface area contributed by atoms with E-state index in [2.05, 4.69) is 32.0 Å². The minimum Gasteiger partial charge on any atom is -0.0654 e. The van der Waals surface area contributed by atoms with Gasteiger partial charge >= 0.3 is 0 Å². The van der Waals surface area contributed by atoms with Gasteiger partial charge in [0.1, 0.15) is 0 Å². The molecule has 0 heteroatoms. The molecule has 28 heavy (non-hydrogen) atoms. The van der Waals surface area contributed by atoms with Gasteiger partial charge in [0.2, 0.25) is 0 Å². The fourth-order valence-electron chi connectivity index (χ4n) is 6.81. The summed E-state index contributed by atoms with van der Waals surface area (Å²) in [4.78, 5) is 0. The van der Waals surface area contributed by atoms with Crippen LogP contribution >= 0.6 is 0 Å². The Labute approximate surface area is 174 Å². The van der Waals surface area contributed by atoms with Crippen LogP contribution in [0, 0.1) is 23.7 Å². The number of unbranched alkanes of at least 4 members (excludes halogenated alkanes) is 4. The molecule has 0 N–H and O–H groups in total. The molecule has 0 spiro atoms. The first-order valence-electron chi connectivity index (χ1n) is 12.8. The molecule has 5 atom stereocenters. The third-order valence-corrected chi connectivity index (χ3v) is 8.62. The second-order valence-electron chi connectivity index (χ2n) is 10.8. The maximum absolute atomic E-state index is 2.64. The molecule has 0 aromatic heterocycles. The van der Waals surface area contributed by atoms with Crippen molar-refractivity contribution < 1.29 is 0 Å². The first kappa shape index (κ1) is 20.5. The Morgan fingerprint density at radius 2 is 1.64 bits per heavy atom. The summed E-state index contributed by atoms with van der Waals surface area (Å²) < 4.78 is 0. The minimum absolute atomic E-state index is 0.858. The summed E-state index contributed by atoms with van der Waals surface area (Å²) in [5.41, 5.74) is 5.08. The van der Waals surface area contributed by atoms with Gasteiger partial charge < -0.3 is 0 Å². The van der Waals surface area contributed by atoms with Gasteiger partial charge in [-0.3, -0.25) is 0 Å². The van der Waals surface area contributed by atoms with Crippen molar-refractivity contribution in [1.29, 1.82) is 0 Å². The Balaban J connectivity index is 1.30. The predicted molar refractivity (Wildman–Crippen MR) is 122 cm³/mol. The normalized spacial score (nSPS) is 32.6. The van der Waals surface area contributed by atoms with E-state index >= 15 is 0 Å². The largest absolute Gasteiger partial charge is 0.0654 e. The average Bonchev–Trinajstić information content (AvgIpc) is 2.73. The predicted octanol–water partition coefficient (Wildman–Crippen LogP) is 8.47. The summed E-state index contributed by atoms with van der Waals surface area (Å²) in [5, 5.41) is 0. The van der Waals surface area contributed by atoms with E-state index in [-0.39, 0.29) is 0 Å². The first-order valence-corrected chi connectivity index (χ1v) is 12.8. The molecule has 0 saturated heterocycles. The van der Waals surface area contributed by atoms with Crippen molar-refractivity contribution >= 4 is 0 Å². The van der Waals surface area contributed by atoms with Gasteiger partial charge in [0, 0.05) is 0 Å². The maximum atomic E-state index is 2.64. The van der Waals surface area contributed by atoms with Crippen LogP contribution in [0.2, 0.25) is 0 Å². The molecule has 156 valence electrons. The van der Waals surface area contributed by atoms with E-state index in [1.54, 1.807) is 16.7 Å². The van der Waals surface area contributed by atoms with Gasteiger partial charge in [-0.1, -0.05) is 77.0 Å². The maximum Gasteiger partial charge on any atom is -0.0159 e. The third kappa shape index (κ3) is 5.03. The number of benzene rings is 1. The summed E-state index contributed by atoms with van der Waals surface area (Å²) >= 11 is 0. The number of fused-ring (bicyclic) bond motifs is 2. The van der Waals surface area contributed by atoms with Crippen LogP contribution < -0.4 is 0 Å². The molecule has 2 fully saturated rings. The highest BCUT2D eigenvalue weighted by Crippen LogP contribution is 2.47. The monoisotopic (exact) mass is 380 g/mol. The van der Waals surface area contributed by atoms with Gasteiger partial charge in [-0.2, -0.15) is 0 Å². The summed E-state index contributed by atoms with van der Waals surface area (Å²) in [6.07, 6.45) is 21.7. The molecule has 5 unspecified atom stereocenters. The summed E-state index contributed by atoms with van der Waals surface area (Å²) in [5.74, 6) is 4.89. The molecular formula is C28H44. The van der Waals surface area contributed by atoms with E-state index < -0.39 is 0 Å². The van der Waals surface area contributed by atoms with Crippen LogP contribution in [-0.4, -0.2) is 0 Å². The van der Waals surface area contributed by atoms with E-state index in [4.69, 9.17) is 0 Å². The zero-order chi connectivity index (χ0) is 19.3. The molecule has 1 aromatic rings. The highest BCUT2D eigenvalue weighted by molar-refractivity contribution is 5.36. The fourth-order valence-corrected chi connectivity index (χ4v) is 6.81. The molecule has 4 rings (SSSR count). The summed E-state index contributed by atoms with van der Waals surface area (Å²) in [7, 11) is 0. The number of aryl methyl sites for hydroxylation is 1. The molecular weight excluding hydrogens is 336 g/mol. The Bertz CT molecular complexity index is 614. The molecule has 0 amide bonds. The Morgan fingerprint density at radius 1 is 0.821 bits per heavy atom. The molecule has 0 bridgehead atoms. The zero-order valence-corrected chi connectivity index (χ0v) is 18.7. The average molecular weight is 381 g/mol. The Hall–Kier alpha value is -0.780. The van der Waals surface area contributed by atoms with E-state index in [1.807, 2.05) is 0 Å². The number of rotatable bonds is 7. The van der Waals surface area contributed by atoms with Crippen molar-refractivity contribution in [2.45, 2.75) is 116 Å². The lowest BCUT2D eigenvalue weighted by Crippen LogP contribution is -2.29. The molecule has 0 aliphatic heterocycles. The fraction of sp³-hybridized carbons (Fsp3) is 0.786. The van der Waals surface area contributed by atoms with Crippen LogP contribution in [0.15, 0.2) is 18.2 Å². The van der Waals surface area contributed by atoms with Crippen molar-refractivity contribution in [3.63, 3.8) is 0 Å². The standard InChI is InChI=1S/C28H44/c1-3-4-5-6-7-8-22-10-12-26-20-28(16-14-24(26)18-22)27-15-13-23-17-21(2)9-11-25(23)19-27/h14,16,20-23,25,27H,3-13,15,17-19H2,1-2H3. The van der Waals surface area contributed by atoms with Crippen LogP contribution in [0.25, 0.3) is 0 Å². The highest BCUT2D eigenvalue weighted by Gasteiger charge is 2.35. The van der Waals surface area contributed by atoms with Crippen molar-refractivity contribution in [3.05, 3.63) is 34.9 Å². The quantitative estimate of drug-likeness (QED) is 0.416. The van der Waals surface area contributed by atoms with Crippen LogP contribution in [0.4, 0.5) is 0 Å². The summed E-state index contributed by atoms with van der Waals surface area (Å²) in [6, 6.07) is 7.70. The smallest absolute Gasteiger partial charge is 0.0159 e. The van der Waals surface area contributed by atoms with Gasteiger partial charge in [0.25, 0.3) is 0 Å². The molecule has 1 aromatic carbocycles. The number of hydrogen-bond donors (Lipinski definition) is 0. The van der Waals surface area contributed by atoms with E-state index in [9.17, 15) is 0 Å². The lowest BCUT2D eigenvalue weighted by Gasteiger charge is -2.41. The van der Waals surface area contributed by atoms with Crippen molar-refractivity contribution in [2.24, 2.45) is 23.7 Å². The van der Waals surface area contributed by atoms with E-state index in [0.29, 0.717) is 0 Å². The third-order valence-electron chi connectivity index (χ3n) is 8.62. The van der Waals surface area contributed by atoms with Crippen LogP contribution in [0.1, 0.15) is 120 Å². The van der Waals surface area contributed by atoms with Crippen molar-refractivity contribution in [3.8, 4) is 0 Å². The highest BCUT2D eigenvalue weighted by atomic mass is 14.4.